The van der Waals surface area contributed by atoms with Gasteiger partial charge in [-0.15, -0.1) is 0 Å². The van der Waals surface area contributed by atoms with Gasteiger partial charge in [-0.3, -0.25) is 4.79 Å². The maximum absolute atomic E-state index is 12.6. The number of hydrogen-bond donors (Lipinski definition) is 1. The van der Waals surface area contributed by atoms with Gasteiger partial charge in [0.15, 0.2) is 0 Å². The van der Waals surface area contributed by atoms with E-state index >= 15 is 0 Å². The van der Waals surface area contributed by atoms with Crippen molar-refractivity contribution in [2.24, 2.45) is 5.92 Å². The third kappa shape index (κ3) is 3.93. The number of anilines is 2. The minimum atomic E-state index is -0.0166. The van der Waals surface area contributed by atoms with Gasteiger partial charge in [-0.25, -0.2) is 9.97 Å². The lowest BCUT2D eigenvalue weighted by Crippen LogP contribution is -2.39. The Bertz CT molecular complexity index is 750. The van der Waals surface area contributed by atoms with Crippen LogP contribution in [0.3, 0.4) is 0 Å². The number of halogens is 1. The molecule has 5 nitrogen and oxygen atoms in total. The summed E-state index contributed by atoms with van der Waals surface area (Å²) in [6.07, 6.45) is 3.68. The lowest BCUT2D eigenvalue weighted by molar-refractivity contribution is 0.0677. The summed E-state index contributed by atoms with van der Waals surface area (Å²) < 4.78 is 1.03. The van der Waals surface area contributed by atoms with Gasteiger partial charge in [0, 0.05) is 29.3 Å². The van der Waals surface area contributed by atoms with E-state index in [1.807, 2.05) is 30.0 Å². The Labute approximate surface area is 150 Å². The fraction of sp³-hybridized carbons (Fsp3) is 0.389. The Morgan fingerprint density at radius 3 is 2.92 bits per heavy atom. The van der Waals surface area contributed by atoms with Crippen LogP contribution in [0.15, 0.2) is 35.1 Å². The standard InChI is InChI=1S/C18H21BrN4O/c1-12-4-3-7-23(10-12)18(24)16-9-17(21-11-20-16)22-14-6-5-13(2)15(19)8-14/h5-6,8-9,11-12H,3-4,7,10H2,1-2H3,(H,20,21,22). The molecular formula is C18H21BrN4O. The molecule has 0 spiro atoms. The largest absolute Gasteiger partial charge is 0.340 e. The van der Waals surface area contributed by atoms with Gasteiger partial charge in [0.25, 0.3) is 5.91 Å². The van der Waals surface area contributed by atoms with Crippen LogP contribution in [0.5, 0.6) is 0 Å². The average molecular weight is 389 g/mol. The molecule has 0 aliphatic carbocycles. The molecule has 3 rings (SSSR count). The lowest BCUT2D eigenvalue weighted by atomic mass is 10.00. The Morgan fingerprint density at radius 2 is 2.17 bits per heavy atom. The van der Waals surface area contributed by atoms with Gasteiger partial charge in [-0.05, 0) is 43.4 Å². The zero-order valence-electron chi connectivity index (χ0n) is 13.9. The molecule has 0 radical (unpaired) electrons. The summed E-state index contributed by atoms with van der Waals surface area (Å²) in [5.74, 6) is 1.15. The van der Waals surface area contributed by atoms with Crippen molar-refractivity contribution in [2.75, 3.05) is 18.4 Å². The highest BCUT2D eigenvalue weighted by molar-refractivity contribution is 9.10. The number of nitrogens with one attached hydrogen (secondary N) is 1. The summed E-state index contributed by atoms with van der Waals surface area (Å²) >= 11 is 3.52. The van der Waals surface area contributed by atoms with E-state index in [1.165, 1.54) is 18.3 Å². The van der Waals surface area contributed by atoms with Gasteiger partial charge in [0.1, 0.15) is 17.8 Å². The number of rotatable bonds is 3. The molecule has 1 aromatic heterocycles. The molecule has 1 atom stereocenters. The average Bonchev–Trinajstić information content (AvgIpc) is 2.58. The van der Waals surface area contributed by atoms with Crippen LogP contribution in [0, 0.1) is 12.8 Å². The van der Waals surface area contributed by atoms with Crippen LogP contribution in [-0.2, 0) is 0 Å². The van der Waals surface area contributed by atoms with Crippen molar-refractivity contribution in [3.05, 3.63) is 46.3 Å². The molecular weight excluding hydrogens is 368 g/mol. The number of carbonyl (C=O) groups is 1. The monoisotopic (exact) mass is 388 g/mol. The molecule has 1 amide bonds. The van der Waals surface area contributed by atoms with E-state index < -0.39 is 0 Å². The molecule has 1 fully saturated rings. The molecule has 1 aliphatic rings. The number of carbonyl (C=O) groups excluding carboxylic acids is 1. The van der Waals surface area contributed by atoms with E-state index in [1.54, 1.807) is 6.07 Å². The number of nitrogens with zero attached hydrogens (tertiary/aromatic N) is 3. The van der Waals surface area contributed by atoms with Crippen molar-refractivity contribution < 1.29 is 4.79 Å². The van der Waals surface area contributed by atoms with Gasteiger partial charge in [-0.1, -0.05) is 28.9 Å². The maximum atomic E-state index is 12.6. The Hall–Kier alpha value is -1.95. The van der Waals surface area contributed by atoms with E-state index in [0.717, 1.165) is 29.7 Å². The molecule has 1 aliphatic heterocycles. The second-order valence-electron chi connectivity index (χ2n) is 6.38. The first-order chi connectivity index (χ1) is 11.5. The van der Waals surface area contributed by atoms with Crippen molar-refractivity contribution in [3.8, 4) is 0 Å². The topological polar surface area (TPSA) is 58.1 Å². The predicted molar refractivity (Wildman–Crippen MR) is 98.5 cm³/mol. The molecule has 24 heavy (non-hydrogen) atoms. The third-order valence-electron chi connectivity index (χ3n) is 4.27. The number of piperidine rings is 1. The number of benzene rings is 1. The number of hydrogen-bond acceptors (Lipinski definition) is 4. The Morgan fingerprint density at radius 1 is 1.33 bits per heavy atom. The lowest BCUT2D eigenvalue weighted by Gasteiger charge is -2.30. The smallest absolute Gasteiger partial charge is 0.272 e. The van der Waals surface area contributed by atoms with Gasteiger partial charge in [0.2, 0.25) is 0 Å². The van der Waals surface area contributed by atoms with Crippen LogP contribution in [0.1, 0.15) is 35.8 Å². The molecule has 2 aromatic rings. The maximum Gasteiger partial charge on any atom is 0.272 e. The van der Waals surface area contributed by atoms with Crippen molar-refractivity contribution in [2.45, 2.75) is 26.7 Å². The van der Waals surface area contributed by atoms with E-state index in [2.05, 4.69) is 38.1 Å². The minimum absolute atomic E-state index is 0.0166. The number of amides is 1. The second kappa shape index (κ2) is 7.30. The molecule has 0 bridgehead atoms. The number of aryl methyl sites for hydroxylation is 1. The van der Waals surface area contributed by atoms with E-state index in [0.29, 0.717) is 17.4 Å². The fourth-order valence-electron chi connectivity index (χ4n) is 2.90. The molecule has 0 saturated carbocycles. The molecule has 1 unspecified atom stereocenters. The number of likely N-dealkylation sites (tertiary alicyclic amines) is 1. The highest BCUT2D eigenvalue weighted by atomic mass is 79.9. The predicted octanol–water partition coefficient (Wildman–Crippen LogP) is 4.16. The quantitative estimate of drug-likeness (QED) is 0.857. The van der Waals surface area contributed by atoms with Gasteiger partial charge in [0.05, 0.1) is 0 Å². The first-order valence-electron chi connectivity index (χ1n) is 8.17. The van der Waals surface area contributed by atoms with Gasteiger partial charge < -0.3 is 10.2 Å². The Kier molecular flexibility index (Phi) is 5.14. The van der Waals surface area contributed by atoms with Crippen molar-refractivity contribution >= 4 is 33.3 Å². The first kappa shape index (κ1) is 16.9. The molecule has 1 aromatic carbocycles. The molecule has 2 heterocycles. The minimum Gasteiger partial charge on any atom is -0.340 e. The van der Waals surface area contributed by atoms with Crippen LogP contribution in [-0.4, -0.2) is 33.9 Å². The zero-order valence-corrected chi connectivity index (χ0v) is 15.5. The summed E-state index contributed by atoms with van der Waals surface area (Å²) in [6.45, 7) is 5.83. The summed E-state index contributed by atoms with van der Waals surface area (Å²) in [4.78, 5) is 22.9. The van der Waals surface area contributed by atoms with Crippen LogP contribution >= 0.6 is 15.9 Å². The SMILES string of the molecule is Cc1ccc(Nc2cc(C(=O)N3CCCC(C)C3)ncn2)cc1Br. The highest BCUT2D eigenvalue weighted by Crippen LogP contribution is 2.23. The van der Waals surface area contributed by atoms with Crippen LogP contribution in [0.2, 0.25) is 0 Å². The van der Waals surface area contributed by atoms with E-state index in [-0.39, 0.29) is 5.91 Å². The van der Waals surface area contributed by atoms with Crippen LogP contribution in [0.25, 0.3) is 0 Å². The summed E-state index contributed by atoms with van der Waals surface area (Å²) in [6, 6.07) is 7.71. The highest BCUT2D eigenvalue weighted by Gasteiger charge is 2.23. The summed E-state index contributed by atoms with van der Waals surface area (Å²) in [7, 11) is 0. The molecule has 1 N–H and O–H groups in total. The summed E-state index contributed by atoms with van der Waals surface area (Å²) in [5.41, 5.74) is 2.52. The molecule has 6 heteroatoms. The first-order valence-corrected chi connectivity index (χ1v) is 8.97. The second-order valence-corrected chi connectivity index (χ2v) is 7.23. The normalized spacial score (nSPS) is 17.6. The van der Waals surface area contributed by atoms with Gasteiger partial charge >= 0.3 is 0 Å². The van der Waals surface area contributed by atoms with Crippen molar-refractivity contribution in [1.82, 2.24) is 14.9 Å². The fourth-order valence-corrected chi connectivity index (χ4v) is 3.28. The third-order valence-corrected chi connectivity index (χ3v) is 5.13. The van der Waals surface area contributed by atoms with Crippen molar-refractivity contribution in [1.29, 1.82) is 0 Å². The molecule has 1 saturated heterocycles. The summed E-state index contributed by atoms with van der Waals surface area (Å²) in [5, 5.41) is 3.23. The van der Waals surface area contributed by atoms with E-state index in [9.17, 15) is 4.79 Å². The van der Waals surface area contributed by atoms with Gasteiger partial charge in [-0.2, -0.15) is 0 Å². The van der Waals surface area contributed by atoms with Crippen LogP contribution < -0.4 is 5.32 Å². The van der Waals surface area contributed by atoms with Crippen molar-refractivity contribution in [3.63, 3.8) is 0 Å². The zero-order chi connectivity index (χ0) is 17.1. The van der Waals surface area contributed by atoms with Crippen LogP contribution in [0.4, 0.5) is 11.5 Å². The molecule has 126 valence electrons. The Balaban J connectivity index is 1.76. The van der Waals surface area contributed by atoms with E-state index in [4.69, 9.17) is 0 Å². The number of aromatic nitrogens is 2.